The summed E-state index contributed by atoms with van der Waals surface area (Å²) in [5.41, 5.74) is 0.866. The molecule has 1 heterocycles. The van der Waals surface area contributed by atoms with Crippen molar-refractivity contribution in [3.63, 3.8) is 0 Å². The Hall–Kier alpha value is -1.62. The standard InChI is InChI=1S/C13H16FNO3/c1-2-17-13(16)15-7-8-18-12(9-15)10-3-5-11(14)6-4-10/h3-6,12H,2,7-9H2,1H3/t12-/m0/s1. The molecule has 0 bridgehead atoms. The van der Waals surface area contributed by atoms with Crippen molar-refractivity contribution in [3.8, 4) is 0 Å². The van der Waals surface area contributed by atoms with E-state index in [4.69, 9.17) is 9.47 Å². The number of ether oxygens (including phenoxy) is 2. The van der Waals surface area contributed by atoms with E-state index >= 15 is 0 Å². The van der Waals surface area contributed by atoms with Gasteiger partial charge in [-0.15, -0.1) is 0 Å². The molecule has 0 saturated carbocycles. The van der Waals surface area contributed by atoms with Crippen molar-refractivity contribution in [2.45, 2.75) is 13.0 Å². The number of rotatable bonds is 2. The van der Waals surface area contributed by atoms with Crippen LogP contribution in [0.4, 0.5) is 9.18 Å². The van der Waals surface area contributed by atoms with Crippen molar-refractivity contribution >= 4 is 6.09 Å². The second-order valence-electron chi connectivity index (χ2n) is 4.06. The molecular formula is C13H16FNO3. The summed E-state index contributed by atoms with van der Waals surface area (Å²) in [5.74, 6) is -0.281. The van der Waals surface area contributed by atoms with Crippen LogP contribution < -0.4 is 0 Å². The zero-order valence-corrected chi connectivity index (χ0v) is 10.3. The minimum atomic E-state index is -0.326. The summed E-state index contributed by atoms with van der Waals surface area (Å²) in [4.78, 5) is 13.2. The minimum Gasteiger partial charge on any atom is -0.450 e. The summed E-state index contributed by atoms with van der Waals surface area (Å²) in [5, 5.41) is 0. The Bertz CT molecular complexity index is 407. The van der Waals surface area contributed by atoms with Crippen LogP contribution in [0.1, 0.15) is 18.6 Å². The third-order valence-corrected chi connectivity index (χ3v) is 2.83. The van der Waals surface area contributed by atoms with E-state index in [1.54, 1.807) is 24.0 Å². The number of halogens is 1. The highest BCUT2D eigenvalue weighted by Crippen LogP contribution is 2.22. The number of hydrogen-bond acceptors (Lipinski definition) is 3. The van der Waals surface area contributed by atoms with Gasteiger partial charge in [0.15, 0.2) is 0 Å². The molecule has 5 heteroatoms. The van der Waals surface area contributed by atoms with Gasteiger partial charge in [0.25, 0.3) is 0 Å². The second-order valence-corrected chi connectivity index (χ2v) is 4.06. The van der Waals surface area contributed by atoms with Crippen molar-refractivity contribution in [2.24, 2.45) is 0 Å². The maximum absolute atomic E-state index is 12.8. The first-order valence-corrected chi connectivity index (χ1v) is 5.99. The molecule has 1 aromatic carbocycles. The molecule has 1 aliphatic heterocycles. The SMILES string of the molecule is CCOC(=O)N1CCO[C@H](c2ccc(F)cc2)C1. The Labute approximate surface area is 105 Å². The monoisotopic (exact) mass is 253 g/mol. The molecule has 0 aliphatic carbocycles. The summed E-state index contributed by atoms with van der Waals surface area (Å²) >= 11 is 0. The van der Waals surface area contributed by atoms with Gasteiger partial charge in [-0.1, -0.05) is 12.1 Å². The van der Waals surface area contributed by atoms with E-state index in [2.05, 4.69) is 0 Å². The van der Waals surface area contributed by atoms with Gasteiger partial charge in [-0.3, -0.25) is 0 Å². The Morgan fingerprint density at radius 3 is 2.89 bits per heavy atom. The van der Waals surface area contributed by atoms with E-state index in [1.165, 1.54) is 12.1 Å². The highest BCUT2D eigenvalue weighted by atomic mass is 19.1. The van der Waals surface area contributed by atoms with Gasteiger partial charge in [0.1, 0.15) is 11.9 Å². The molecule has 2 rings (SSSR count). The number of amides is 1. The molecule has 1 fully saturated rings. The van der Waals surface area contributed by atoms with Crippen molar-refractivity contribution in [1.82, 2.24) is 4.90 Å². The minimum absolute atomic E-state index is 0.219. The molecule has 98 valence electrons. The number of hydrogen-bond donors (Lipinski definition) is 0. The van der Waals surface area contributed by atoms with Gasteiger partial charge in [-0.05, 0) is 24.6 Å². The summed E-state index contributed by atoms with van der Waals surface area (Å²) < 4.78 is 23.4. The molecule has 1 saturated heterocycles. The Morgan fingerprint density at radius 1 is 1.50 bits per heavy atom. The van der Waals surface area contributed by atoms with Crippen LogP contribution >= 0.6 is 0 Å². The first-order chi connectivity index (χ1) is 8.70. The zero-order valence-electron chi connectivity index (χ0n) is 10.3. The highest BCUT2D eigenvalue weighted by molar-refractivity contribution is 5.67. The average Bonchev–Trinajstić information content (AvgIpc) is 2.40. The van der Waals surface area contributed by atoms with Crippen LogP contribution in [-0.2, 0) is 9.47 Å². The summed E-state index contributed by atoms with van der Waals surface area (Å²) in [6.45, 7) is 3.55. The van der Waals surface area contributed by atoms with Crippen molar-refractivity contribution in [2.75, 3.05) is 26.3 Å². The molecule has 0 radical (unpaired) electrons. The van der Waals surface area contributed by atoms with Gasteiger partial charge >= 0.3 is 6.09 Å². The smallest absolute Gasteiger partial charge is 0.409 e. The zero-order chi connectivity index (χ0) is 13.0. The molecule has 4 nitrogen and oxygen atoms in total. The van der Waals surface area contributed by atoms with Crippen LogP contribution in [0.5, 0.6) is 0 Å². The van der Waals surface area contributed by atoms with Crippen LogP contribution in [0, 0.1) is 5.82 Å². The van der Waals surface area contributed by atoms with Gasteiger partial charge in [0.2, 0.25) is 0 Å². The predicted molar refractivity (Wildman–Crippen MR) is 63.7 cm³/mol. The summed E-state index contributed by atoms with van der Waals surface area (Å²) in [6, 6.07) is 6.13. The Balaban J connectivity index is 2.02. The van der Waals surface area contributed by atoms with Crippen LogP contribution in [0.25, 0.3) is 0 Å². The lowest BCUT2D eigenvalue weighted by Crippen LogP contribution is -2.42. The topological polar surface area (TPSA) is 38.8 Å². The average molecular weight is 253 g/mol. The third kappa shape index (κ3) is 2.98. The van der Waals surface area contributed by atoms with Crippen LogP contribution in [0.15, 0.2) is 24.3 Å². The van der Waals surface area contributed by atoms with Crippen molar-refractivity contribution < 1.29 is 18.7 Å². The van der Waals surface area contributed by atoms with Gasteiger partial charge in [-0.25, -0.2) is 9.18 Å². The number of benzene rings is 1. The second kappa shape index (κ2) is 5.82. The van der Waals surface area contributed by atoms with Crippen LogP contribution in [0.3, 0.4) is 0 Å². The maximum Gasteiger partial charge on any atom is 0.409 e. The number of nitrogens with zero attached hydrogens (tertiary/aromatic N) is 1. The van der Waals surface area contributed by atoms with E-state index in [9.17, 15) is 9.18 Å². The number of carbonyl (C=O) groups is 1. The van der Waals surface area contributed by atoms with Crippen molar-refractivity contribution in [1.29, 1.82) is 0 Å². The lowest BCUT2D eigenvalue weighted by Gasteiger charge is -2.32. The fraction of sp³-hybridized carbons (Fsp3) is 0.462. The molecule has 0 spiro atoms. The Kier molecular flexibility index (Phi) is 4.15. The number of carbonyl (C=O) groups excluding carboxylic acids is 1. The van der Waals surface area contributed by atoms with Gasteiger partial charge in [-0.2, -0.15) is 0 Å². The largest absolute Gasteiger partial charge is 0.450 e. The fourth-order valence-corrected chi connectivity index (χ4v) is 1.91. The first-order valence-electron chi connectivity index (χ1n) is 5.99. The molecule has 1 aliphatic rings. The normalized spacial score (nSPS) is 19.7. The molecule has 0 unspecified atom stereocenters. The van der Waals surface area contributed by atoms with Crippen molar-refractivity contribution in [3.05, 3.63) is 35.6 Å². The lowest BCUT2D eigenvalue weighted by atomic mass is 10.1. The molecule has 18 heavy (non-hydrogen) atoms. The molecule has 1 atom stereocenters. The van der Waals surface area contributed by atoms with E-state index in [1.807, 2.05) is 0 Å². The number of morpholine rings is 1. The summed E-state index contributed by atoms with van der Waals surface area (Å²) in [7, 11) is 0. The Morgan fingerprint density at radius 2 is 2.22 bits per heavy atom. The third-order valence-electron chi connectivity index (χ3n) is 2.83. The highest BCUT2D eigenvalue weighted by Gasteiger charge is 2.26. The maximum atomic E-state index is 12.8. The fourth-order valence-electron chi connectivity index (χ4n) is 1.91. The van der Waals surface area contributed by atoms with E-state index in [-0.39, 0.29) is 18.0 Å². The quantitative estimate of drug-likeness (QED) is 0.812. The van der Waals surface area contributed by atoms with E-state index in [0.717, 1.165) is 5.56 Å². The molecule has 1 amide bonds. The van der Waals surface area contributed by atoms with Gasteiger partial charge in [0, 0.05) is 6.54 Å². The van der Waals surface area contributed by atoms with E-state index in [0.29, 0.717) is 26.3 Å². The molecular weight excluding hydrogens is 237 g/mol. The molecule has 1 aromatic rings. The van der Waals surface area contributed by atoms with Gasteiger partial charge < -0.3 is 14.4 Å². The van der Waals surface area contributed by atoms with Gasteiger partial charge in [0.05, 0.1) is 19.8 Å². The van der Waals surface area contributed by atoms with E-state index < -0.39 is 0 Å². The first kappa shape index (κ1) is 12.8. The molecule has 0 aromatic heterocycles. The van der Waals surface area contributed by atoms with Crippen LogP contribution in [-0.4, -0.2) is 37.3 Å². The van der Waals surface area contributed by atoms with Crippen LogP contribution in [0.2, 0.25) is 0 Å². The molecule has 0 N–H and O–H groups in total. The predicted octanol–water partition coefficient (Wildman–Crippen LogP) is 2.36. The lowest BCUT2D eigenvalue weighted by molar-refractivity contribution is -0.0280. The summed E-state index contributed by atoms with van der Waals surface area (Å²) in [6.07, 6.45) is -0.545.